The van der Waals surface area contributed by atoms with E-state index in [-0.39, 0.29) is 65.1 Å². The van der Waals surface area contributed by atoms with Crippen molar-refractivity contribution in [1.29, 1.82) is 0 Å². The molecule has 2 rings (SSSR count). The van der Waals surface area contributed by atoms with Gasteiger partial charge < -0.3 is 20.3 Å². The van der Waals surface area contributed by atoms with Gasteiger partial charge in [0.25, 0.3) is 0 Å². The molecule has 0 aliphatic carbocycles. The van der Waals surface area contributed by atoms with Crippen molar-refractivity contribution >= 4 is 23.5 Å². The first-order valence-corrected chi connectivity index (χ1v) is 6.18. The summed E-state index contributed by atoms with van der Waals surface area (Å²) in [5.74, 6) is -2.38. The molecule has 9 heteroatoms. The van der Waals surface area contributed by atoms with Crippen molar-refractivity contribution in [2.75, 3.05) is 11.9 Å². The van der Waals surface area contributed by atoms with Gasteiger partial charge in [-0.05, 0) is 18.1 Å². The number of halogens is 1. The van der Waals surface area contributed by atoms with Crippen LogP contribution in [-0.4, -0.2) is 22.5 Å². The van der Waals surface area contributed by atoms with Crippen LogP contribution in [0.5, 0.6) is 5.88 Å². The number of nitrogens with one attached hydrogen (secondary N) is 1. The molecule has 0 aliphatic heterocycles. The van der Waals surface area contributed by atoms with Gasteiger partial charge in [0.05, 0.1) is 5.97 Å². The summed E-state index contributed by atoms with van der Waals surface area (Å²) in [6.45, 7) is 0.466. The molecule has 0 bridgehead atoms. The third-order valence-electron chi connectivity index (χ3n) is 2.61. The van der Waals surface area contributed by atoms with Gasteiger partial charge in [-0.15, -0.1) is 0 Å². The fourth-order valence-corrected chi connectivity index (χ4v) is 1.83. The second kappa shape index (κ2) is 10.4. The van der Waals surface area contributed by atoms with E-state index in [0.717, 1.165) is 11.8 Å². The zero-order chi connectivity index (χ0) is 14.5. The summed E-state index contributed by atoms with van der Waals surface area (Å²) >= 11 is 6.01. The molecule has 2 aromatic rings. The molecule has 0 spiro atoms. The van der Waals surface area contributed by atoms with Gasteiger partial charge in [0, 0.05) is 29.2 Å². The SMILES string of the molecule is O=C([O-])c1cnc(NCCc2ccccc2Cl)nc1[O-].[Na+].[Na+]. The number of carbonyl (C=O) groups is 1. The number of carbonyl (C=O) groups excluding carboxylic acids is 1. The summed E-state index contributed by atoms with van der Waals surface area (Å²) in [4.78, 5) is 17.8. The van der Waals surface area contributed by atoms with E-state index < -0.39 is 17.4 Å². The van der Waals surface area contributed by atoms with Crippen molar-refractivity contribution < 1.29 is 74.1 Å². The van der Waals surface area contributed by atoms with E-state index in [1.807, 2.05) is 18.2 Å². The minimum absolute atomic E-state index is 0. The maximum Gasteiger partial charge on any atom is 1.00 e. The van der Waals surface area contributed by atoms with Crippen molar-refractivity contribution in [3.8, 4) is 5.88 Å². The fraction of sp³-hybridized carbons (Fsp3) is 0.154. The standard InChI is InChI=1S/C13H12ClN3O3.2Na/c14-10-4-2-1-3-8(10)5-6-15-13-16-7-9(12(19)20)11(18)17-13;;/h1-4,7H,5-6H2,(H,19,20)(H2,15,16,17,18);;/q;2*+1/p-2. The molecule has 0 aliphatic rings. The zero-order valence-corrected chi connectivity index (χ0v) is 17.1. The Hall–Kier alpha value is -0.340. The molecule has 1 heterocycles. The van der Waals surface area contributed by atoms with Crippen LogP contribution < -0.4 is 74.6 Å². The largest absolute Gasteiger partial charge is 1.00 e. The van der Waals surface area contributed by atoms with Crippen LogP contribution in [0.1, 0.15) is 15.9 Å². The fourth-order valence-electron chi connectivity index (χ4n) is 1.60. The number of hydrogen-bond donors (Lipinski definition) is 1. The number of anilines is 1. The van der Waals surface area contributed by atoms with Crippen LogP contribution in [0.3, 0.4) is 0 Å². The minimum Gasteiger partial charge on any atom is -0.858 e. The minimum atomic E-state index is -1.59. The van der Waals surface area contributed by atoms with Gasteiger partial charge in [0.1, 0.15) is 0 Å². The molecule has 1 N–H and O–H groups in total. The number of hydrogen-bond acceptors (Lipinski definition) is 6. The molecule has 6 nitrogen and oxygen atoms in total. The Morgan fingerprint density at radius 2 is 1.95 bits per heavy atom. The molecule has 0 saturated heterocycles. The topological polar surface area (TPSA) is 101 Å². The molecule has 0 unspecified atom stereocenters. The summed E-state index contributed by atoms with van der Waals surface area (Å²) in [5, 5.41) is 25.4. The molecule has 104 valence electrons. The van der Waals surface area contributed by atoms with Crippen LogP contribution in [0.15, 0.2) is 30.5 Å². The summed E-state index contributed by atoms with van der Waals surface area (Å²) in [6.07, 6.45) is 1.56. The van der Waals surface area contributed by atoms with Crippen LogP contribution in [0.4, 0.5) is 5.95 Å². The zero-order valence-electron chi connectivity index (χ0n) is 12.3. The van der Waals surface area contributed by atoms with E-state index in [0.29, 0.717) is 18.0 Å². The van der Waals surface area contributed by atoms with Crippen molar-refractivity contribution in [2.45, 2.75) is 6.42 Å². The third kappa shape index (κ3) is 6.04. The molecule has 1 aromatic heterocycles. The first kappa shape index (κ1) is 21.7. The van der Waals surface area contributed by atoms with Gasteiger partial charge in [0.2, 0.25) is 5.95 Å². The first-order valence-electron chi connectivity index (χ1n) is 5.80. The van der Waals surface area contributed by atoms with Crippen LogP contribution in [0.2, 0.25) is 5.02 Å². The molecule has 0 amide bonds. The first-order chi connectivity index (χ1) is 9.58. The predicted octanol–water partition coefficient (Wildman–Crippen LogP) is -5.77. The maximum absolute atomic E-state index is 11.3. The molecule has 22 heavy (non-hydrogen) atoms. The molecule has 0 radical (unpaired) electrons. The van der Waals surface area contributed by atoms with Gasteiger partial charge in [-0.25, -0.2) is 9.97 Å². The van der Waals surface area contributed by atoms with Crippen molar-refractivity contribution in [3.63, 3.8) is 0 Å². The molecule has 0 fully saturated rings. The average molecular weight is 338 g/mol. The van der Waals surface area contributed by atoms with Gasteiger partial charge in [0.15, 0.2) is 0 Å². The van der Waals surface area contributed by atoms with Crippen LogP contribution in [-0.2, 0) is 6.42 Å². The smallest absolute Gasteiger partial charge is 0.858 e. The van der Waals surface area contributed by atoms with Crippen molar-refractivity contribution in [3.05, 3.63) is 46.6 Å². The molecular formula is C13H10ClN3Na2O3. The monoisotopic (exact) mass is 337 g/mol. The van der Waals surface area contributed by atoms with Crippen LogP contribution >= 0.6 is 11.6 Å². The second-order valence-electron chi connectivity index (χ2n) is 3.97. The predicted molar refractivity (Wildman–Crippen MR) is 69.5 cm³/mol. The van der Waals surface area contributed by atoms with Crippen molar-refractivity contribution in [1.82, 2.24) is 9.97 Å². The van der Waals surface area contributed by atoms with E-state index in [1.54, 1.807) is 6.07 Å². The van der Waals surface area contributed by atoms with Gasteiger partial charge in [-0.1, -0.05) is 29.8 Å². The number of benzene rings is 1. The number of rotatable bonds is 5. The Morgan fingerprint density at radius 3 is 2.55 bits per heavy atom. The number of aromatic nitrogens is 2. The van der Waals surface area contributed by atoms with E-state index in [9.17, 15) is 15.0 Å². The quantitative estimate of drug-likeness (QED) is 0.546. The van der Waals surface area contributed by atoms with E-state index in [1.165, 1.54) is 0 Å². The van der Waals surface area contributed by atoms with E-state index in [4.69, 9.17) is 11.6 Å². The number of carboxylic acids is 1. The van der Waals surface area contributed by atoms with E-state index >= 15 is 0 Å². The Bertz CT molecular complexity index is 644. The third-order valence-corrected chi connectivity index (χ3v) is 2.98. The second-order valence-corrected chi connectivity index (χ2v) is 4.38. The summed E-state index contributed by atoms with van der Waals surface area (Å²) in [5.41, 5.74) is 0.400. The number of nitrogens with zero attached hydrogens (tertiary/aromatic N) is 2. The average Bonchev–Trinajstić information content (AvgIpc) is 2.40. The maximum atomic E-state index is 11.3. The Balaban J connectivity index is 0.00000220. The molecule has 0 saturated carbocycles. The molecule has 1 aromatic carbocycles. The van der Waals surface area contributed by atoms with Gasteiger partial charge in [-0.3, -0.25) is 0 Å². The van der Waals surface area contributed by atoms with Crippen LogP contribution in [0, 0.1) is 0 Å². The van der Waals surface area contributed by atoms with Gasteiger partial charge in [-0.2, -0.15) is 0 Å². The normalized spacial score (nSPS) is 9.32. The van der Waals surface area contributed by atoms with Crippen LogP contribution in [0.25, 0.3) is 0 Å². The molecular weight excluding hydrogens is 328 g/mol. The van der Waals surface area contributed by atoms with Crippen molar-refractivity contribution in [2.24, 2.45) is 0 Å². The Morgan fingerprint density at radius 1 is 1.27 bits per heavy atom. The number of aromatic carboxylic acids is 1. The summed E-state index contributed by atoms with van der Waals surface area (Å²) in [7, 11) is 0. The molecule has 0 atom stereocenters. The summed E-state index contributed by atoms with van der Waals surface area (Å²) in [6, 6.07) is 7.40. The Labute approximate surface area is 176 Å². The Kier molecular flexibility index (Phi) is 10.3. The number of carboxylic acid groups (broad SMARTS) is 1. The summed E-state index contributed by atoms with van der Waals surface area (Å²) < 4.78 is 0. The van der Waals surface area contributed by atoms with Gasteiger partial charge >= 0.3 is 59.1 Å². The van der Waals surface area contributed by atoms with E-state index in [2.05, 4.69) is 15.3 Å².